The first kappa shape index (κ1) is 6.20. The molecule has 0 spiro atoms. The van der Waals surface area contributed by atoms with Gasteiger partial charge in [-0.25, -0.2) is 0 Å². The first-order valence-electron chi connectivity index (χ1n) is 4.16. The van der Waals surface area contributed by atoms with Gasteiger partial charge in [0.25, 0.3) is 0 Å². The van der Waals surface area contributed by atoms with Crippen molar-refractivity contribution in [2.24, 2.45) is 11.1 Å². The molecule has 2 unspecified atom stereocenters. The lowest BCUT2D eigenvalue weighted by atomic mass is 10.00. The van der Waals surface area contributed by atoms with E-state index in [0.29, 0.717) is 12.0 Å². The highest BCUT2D eigenvalue weighted by Crippen LogP contribution is 2.27. The molecule has 0 amide bonds. The number of hydrogen-bond donors (Lipinski definition) is 0. The molecule has 1 aliphatic heterocycles. The highest BCUT2D eigenvalue weighted by Gasteiger charge is 2.27. The van der Waals surface area contributed by atoms with Gasteiger partial charge in [0, 0.05) is 5.92 Å². The van der Waals surface area contributed by atoms with E-state index < -0.39 is 0 Å². The molecular weight excluding hydrogens is 126 g/mol. The van der Waals surface area contributed by atoms with E-state index in [2.05, 4.69) is 5.16 Å². The smallest absolute Gasteiger partial charge is 0.135 e. The monoisotopic (exact) mass is 139 g/mol. The summed E-state index contributed by atoms with van der Waals surface area (Å²) in [6.45, 7) is 0. The number of rotatable bonds is 0. The van der Waals surface area contributed by atoms with Gasteiger partial charge < -0.3 is 4.84 Å². The predicted molar refractivity (Wildman–Crippen MR) is 39.9 cm³/mol. The Bertz CT molecular complexity index is 144. The Balaban J connectivity index is 2.00. The lowest BCUT2D eigenvalue weighted by Crippen LogP contribution is -2.15. The van der Waals surface area contributed by atoms with Crippen LogP contribution >= 0.6 is 0 Å². The maximum absolute atomic E-state index is 5.21. The van der Waals surface area contributed by atoms with Crippen molar-refractivity contribution in [1.82, 2.24) is 0 Å². The van der Waals surface area contributed by atoms with Crippen LogP contribution in [0.15, 0.2) is 5.16 Å². The minimum atomic E-state index is 0.433. The second-order valence-electron chi connectivity index (χ2n) is 3.20. The number of hydrogen-bond acceptors (Lipinski definition) is 2. The van der Waals surface area contributed by atoms with Gasteiger partial charge in [0.1, 0.15) is 6.10 Å². The Hall–Kier alpha value is -0.530. The third-order valence-corrected chi connectivity index (χ3v) is 2.45. The molecule has 0 radical (unpaired) electrons. The molecule has 2 rings (SSSR count). The minimum absolute atomic E-state index is 0.433. The summed E-state index contributed by atoms with van der Waals surface area (Å²) in [6.07, 6.45) is 8.97. The summed E-state index contributed by atoms with van der Waals surface area (Å²) in [5.74, 6) is 0.641. The van der Waals surface area contributed by atoms with Gasteiger partial charge in [0.05, 0.1) is 6.21 Å². The fourth-order valence-electron chi connectivity index (χ4n) is 1.80. The van der Waals surface area contributed by atoms with Gasteiger partial charge in [0.2, 0.25) is 0 Å². The van der Waals surface area contributed by atoms with Crippen molar-refractivity contribution in [3.63, 3.8) is 0 Å². The topological polar surface area (TPSA) is 21.6 Å². The number of nitrogens with zero attached hydrogens (tertiary/aromatic N) is 1. The largest absolute Gasteiger partial charge is 0.392 e. The molecule has 0 aromatic rings. The lowest BCUT2D eigenvalue weighted by Gasteiger charge is -2.10. The highest BCUT2D eigenvalue weighted by molar-refractivity contribution is 5.62. The van der Waals surface area contributed by atoms with Crippen LogP contribution in [0.4, 0.5) is 0 Å². The summed E-state index contributed by atoms with van der Waals surface area (Å²) in [6, 6.07) is 0. The van der Waals surface area contributed by atoms with Crippen molar-refractivity contribution in [3.8, 4) is 0 Å². The van der Waals surface area contributed by atoms with Crippen molar-refractivity contribution >= 4 is 6.21 Å². The van der Waals surface area contributed by atoms with E-state index in [9.17, 15) is 0 Å². The van der Waals surface area contributed by atoms with E-state index >= 15 is 0 Å². The fourth-order valence-corrected chi connectivity index (χ4v) is 1.80. The molecule has 2 heteroatoms. The van der Waals surface area contributed by atoms with Crippen LogP contribution in [0.3, 0.4) is 0 Å². The second kappa shape index (κ2) is 2.60. The average Bonchev–Trinajstić information content (AvgIpc) is 2.28. The zero-order chi connectivity index (χ0) is 6.81. The lowest BCUT2D eigenvalue weighted by molar-refractivity contribution is 0.0571. The van der Waals surface area contributed by atoms with Crippen LogP contribution in [0.5, 0.6) is 0 Å². The Labute approximate surface area is 61.2 Å². The van der Waals surface area contributed by atoms with Crippen LogP contribution in [-0.4, -0.2) is 12.3 Å². The molecule has 0 saturated heterocycles. The molecule has 0 aromatic carbocycles. The highest BCUT2D eigenvalue weighted by atomic mass is 16.6. The summed E-state index contributed by atoms with van der Waals surface area (Å²) in [4.78, 5) is 5.21. The summed E-state index contributed by atoms with van der Waals surface area (Å²) >= 11 is 0. The first-order valence-corrected chi connectivity index (χ1v) is 4.16. The molecule has 0 aromatic heterocycles. The first-order chi connectivity index (χ1) is 4.97. The zero-order valence-corrected chi connectivity index (χ0v) is 6.12. The zero-order valence-electron chi connectivity index (χ0n) is 6.12. The SMILES string of the molecule is C1=NOC2CCCCCC12. The van der Waals surface area contributed by atoms with E-state index in [1.54, 1.807) is 0 Å². The van der Waals surface area contributed by atoms with E-state index in [4.69, 9.17) is 4.84 Å². The van der Waals surface area contributed by atoms with E-state index in [1.807, 2.05) is 6.21 Å². The van der Waals surface area contributed by atoms with E-state index in [-0.39, 0.29) is 0 Å². The standard InChI is InChI=1S/C8H13NO/c1-2-4-7-6-9-10-8(7)5-3-1/h6-8H,1-5H2. The van der Waals surface area contributed by atoms with Gasteiger partial charge >= 0.3 is 0 Å². The van der Waals surface area contributed by atoms with Crippen LogP contribution in [0.2, 0.25) is 0 Å². The molecule has 2 atom stereocenters. The Morgan fingerprint density at radius 1 is 1.20 bits per heavy atom. The maximum Gasteiger partial charge on any atom is 0.135 e. The van der Waals surface area contributed by atoms with Crippen LogP contribution < -0.4 is 0 Å². The quantitative estimate of drug-likeness (QED) is 0.502. The molecule has 0 bridgehead atoms. The van der Waals surface area contributed by atoms with Gasteiger partial charge in [-0.3, -0.25) is 0 Å². The van der Waals surface area contributed by atoms with Crippen LogP contribution in [0.1, 0.15) is 32.1 Å². The summed E-state index contributed by atoms with van der Waals surface area (Å²) < 4.78 is 0. The molecule has 2 nitrogen and oxygen atoms in total. The van der Waals surface area contributed by atoms with E-state index in [1.165, 1.54) is 32.1 Å². The molecule has 1 fully saturated rings. The third-order valence-electron chi connectivity index (χ3n) is 2.45. The predicted octanol–water partition coefficient (Wildman–Crippen LogP) is 1.95. The van der Waals surface area contributed by atoms with Crippen molar-refractivity contribution in [2.75, 3.05) is 0 Å². The maximum atomic E-state index is 5.21. The molecule has 2 aliphatic rings. The van der Waals surface area contributed by atoms with Crippen LogP contribution in [0, 0.1) is 5.92 Å². The van der Waals surface area contributed by atoms with E-state index in [0.717, 1.165) is 0 Å². The van der Waals surface area contributed by atoms with Crippen LogP contribution in [0.25, 0.3) is 0 Å². The summed E-state index contributed by atoms with van der Waals surface area (Å²) in [5, 5.41) is 3.84. The van der Waals surface area contributed by atoms with Gasteiger partial charge in [-0.1, -0.05) is 18.0 Å². The molecular formula is C8H13NO. The second-order valence-corrected chi connectivity index (χ2v) is 3.20. The molecule has 0 N–H and O–H groups in total. The Morgan fingerprint density at radius 3 is 3.10 bits per heavy atom. The van der Waals surface area contributed by atoms with Crippen molar-refractivity contribution in [3.05, 3.63) is 0 Å². The average molecular weight is 139 g/mol. The minimum Gasteiger partial charge on any atom is -0.392 e. The van der Waals surface area contributed by atoms with Gasteiger partial charge in [-0.05, 0) is 19.3 Å². The van der Waals surface area contributed by atoms with Gasteiger partial charge in [-0.15, -0.1) is 0 Å². The fraction of sp³-hybridized carbons (Fsp3) is 0.875. The molecule has 10 heavy (non-hydrogen) atoms. The molecule has 1 heterocycles. The Kier molecular flexibility index (Phi) is 1.61. The number of fused-ring (bicyclic) bond motifs is 1. The molecule has 56 valence electrons. The van der Waals surface area contributed by atoms with Gasteiger partial charge in [0.15, 0.2) is 0 Å². The molecule has 1 aliphatic carbocycles. The Morgan fingerprint density at radius 2 is 2.10 bits per heavy atom. The number of oxime groups is 1. The summed E-state index contributed by atoms with van der Waals surface area (Å²) in [5.41, 5.74) is 0. The van der Waals surface area contributed by atoms with Crippen molar-refractivity contribution in [1.29, 1.82) is 0 Å². The van der Waals surface area contributed by atoms with Gasteiger partial charge in [-0.2, -0.15) is 0 Å². The summed E-state index contributed by atoms with van der Waals surface area (Å²) in [7, 11) is 0. The third kappa shape index (κ3) is 1.02. The van der Waals surface area contributed by atoms with Crippen molar-refractivity contribution in [2.45, 2.75) is 38.2 Å². The molecule has 1 saturated carbocycles. The van der Waals surface area contributed by atoms with Crippen LogP contribution in [-0.2, 0) is 4.84 Å². The van der Waals surface area contributed by atoms with Crippen molar-refractivity contribution < 1.29 is 4.84 Å². The normalized spacial score (nSPS) is 38.4.